The first kappa shape index (κ1) is 27.3. The van der Waals surface area contributed by atoms with Crippen LogP contribution in [0.1, 0.15) is 44.4 Å². The summed E-state index contributed by atoms with van der Waals surface area (Å²) >= 11 is 0. The number of aryl methyl sites for hydroxylation is 2. The highest BCUT2D eigenvalue weighted by atomic mass is 32.2. The summed E-state index contributed by atoms with van der Waals surface area (Å²) in [5.74, 6) is -1.34. The minimum atomic E-state index is -3.80. The monoisotopic (exact) mass is 491 g/mol. The second-order valence-electron chi connectivity index (χ2n) is 9.62. The topological polar surface area (TPSA) is 86.8 Å². The molecule has 1 N–H and O–H groups in total. The van der Waals surface area contributed by atoms with Gasteiger partial charge in [0.05, 0.1) is 11.9 Å². The van der Waals surface area contributed by atoms with Gasteiger partial charge in [0.1, 0.15) is 18.4 Å². The summed E-state index contributed by atoms with van der Waals surface area (Å²) in [6.07, 6.45) is 1.04. The predicted molar refractivity (Wildman–Crippen MR) is 132 cm³/mol. The summed E-state index contributed by atoms with van der Waals surface area (Å²) in [7, 11) is -3.80. The number of sulfonamides is 1. The van der Waals surface area contributed by atoms with Crippen molar-refractivity contribution < 1.29 is 22.4 Å². The Kier molecular flexibility index (Phi) is 8.47. The Morgan fingerprint density at radius 2 is 1.65 bits per heavy atom. The molecule has 1 unspecified atom stereocenters. The number of rotatable bonds is 8. The van der Waals surface area contributed by atoms with Crippen molar-refractivity contribution in [2.75, 3.05) is 17.1 Å². The van der Waals surface area contributed by atoms with Crippen LogP contribution in [0.2, 0.25) is 0 Å². The van der Waals surface area contributed by atoms with E-state index in [-0.39, 0.29) is 12.5 Å². The molecule has 1 atom stereocenters. The minimum Gasteiger partial charge on any atom is -0.350 e. The van der Waals surface area contributed by atoms with Gasteiger partial charge < -0.3 is 10.2 Å². The van der Waals surface area contributed by atoms with Gasteiger partial charge in [-0.15, -0.1) is 0 Å². The maximum Gasteiger partial charge on any atom is 0.244 e. The van der Waals surface area contributed by atoms with Crippen LogP contribution in [0.15, 0.2) is 42.5 Å². The molecular formula is C25H34FN3O4S. The van der Waals surface area contributed by atoms with Crippen molar-refractivity contribution in [3.63, 3.8) is 0 Å². The van der Waals surface area contributed by atoms with Crippen LogP contribution in [0.3, 0.4) is 0 Å². The summed E-state index contributed by atoms with van der Waals surface area (Å²) in [5, 5.41) is 2.86. The summed E-state index contributed by atoms with van der Waals surface area (Å²) in [6, 6.07) is 10.0. The molecule has 2 rings (SSSR count). The van der Waals surface area contributed by atoms with Gasteiger partial charge in [0.25, 0.3) is 0 Å². The Labute approximate surface area is 202 Å². The number of benzene rings is 2. The number of hydrogen-bond acceptors (Lipinski definition) is 4. The molecule has 0 aliphatic rings. The lowest BCUT2D eigenvalue weighted by Gasteiger charge is -2.33. The van der Waals surface area contributed by atoms with Crippen molar-refractivity contribution >= 4 is 27.5 Å². The number of anilines is 1. The molecule has 0 fully saturated rings. The first-order valence-electron chi connectivity index (χ1n) is 11.0. The number of nitrogens with one attached hydrogen (secondary N) is 1. The molecule has 0 saturated carbocycles. The van der Waals surface area contributed by atoms with Crippen LogP contribution in [-0.2, 0) is 26.2 Å². The number of carbonyl (C=O) groups excluding carboxylic acids is 2. The van der Waals surface area contributed by atoms with E-state index in [1.807, 2.05) is 33.8 Å². The molecule has 9 heteroatoms. The summed E-state index contributed by atoms with van der Waals surface area (Å²) < 4.78 is 39.7. The zero-order chi connectivity index (χ0) is 25.8. The van der Waals surface area contributed by atoms with E-state index in [9.17, 15) is 22.4 Å². The fourth-order valence-corrected chi connectivity index (χ4v) is 4.43. The van der Waals surface area contributed by atoms with Crippen molar-refractivity contribution in [3.05, 3.63) is 65.0 Å². The standard InChI is InChI=1S/C25H34FN3O4S/c1-17-8-13-22(18(2)14-17)29(34(7,32)33)16-23(30)28(15-20-9-11-21(26)12-10-20)19(3)24(31)27-25(4,5)6/h8-14,19H,15-16H2,1-7H3,(H,27,31). The van der Waals surface area contributed by atoms with Crippen molar-refractivity contribution in [1.82, 2.24) is 10.2 Å². The normalized spacial score (nSPS) is 12.7. The van der Waals surface area contributed by atoms with Crippen LogP contribution in [0, 0.1) is 19.7 Å². The van der Waals surface area contributed by atoms with Gasteiger partial charge in [-0.1, -0.05) is 29.8 Å². The van der Waals surface area contributed by atoms with Gasteiger partial charge in [0.15, 0.2) is 0 Å². The quantitative estimate of drug-likeness (QED) is 0.612. The number of hydrogen-bond donors (Lipinski definition) is 1. The lowest BCUT2D eigenvalue weighted by Crippen LogP contribution is -2.54. The number of carbonyl (C=O) groups is 2. The molecule has 0 aromatic heterocycles. The lowest BCUT2D eigenvalue weighted by atomic mass is 10.1. The zero-order valence-electron chi connectivity index (χ0n) is 20.8. The first-order chi connectivity index (χ1) is 15.6. The van der Waals surface area contributed by atoms with Crippen molar-refractivity contribution in [1.29, 1.82) is 0 Å². The third-order valence-electron chi connectivity index (χ3n) is 5.23. The molecule has 0 aliphatic carbocycles. The van der Waals surface area contributed by atoms with E-state index in [0.29, 0.717) is 16.8 Å². The maximum atomic E-state index is 13.5. The predicted octanol–water partition coefficient (Wildman–Crippen LogP) is 3.54. The van der Waals surface area contributed by atoms with Crippen LogP contribution >= 0.6 is 0 Å². The van der Waals surface area contributed by atoms with Crippen LogP contribution in [0.4, 0.5) is 10.1 Å². The third kappa shape index (κ3) is 7.55. The highest BCUT2D eigenvalue weighted by Gasteiger charge is 2.31. The molecule has 186 valence electrons. The molecule has 7 nitrogen and oxygen atoms in total. The fourth-order valence-electron chi connectivity index (χ4n) is 3.52. The Balaban J connectivity index is 2.43. The number of amides is 2. The van der Waals surface area contributed by atoms with Gasteiger partial charge in [-0.25, -0.2) is 12.8 Å². The summed E-state index contributed by atoms with van der Waals surface area (Å²) in [6.45, 7) is 10.3. The van der Waals surface area contributed by atoms with Gasteiger partial charge in [-0.05, 0) is 70.9 Å². The highest BCUT2D eigenvalue weighted by Crippen LogP contribution is 2.24. The molecule has 0 spiro atoms. The Morgan fingerprint density at radius 3 is 2.15 bits per heavy atom. The average molecular weight is 492 g/mol. The lowest BCUT2D eigenvalue weighted by molar-refractivity contribution is -0.140. The van der Waals surface area contributed by atoms with Crippen LogP contribution in [0.5, 0.6) is 0 Å². The minimum absolute atomic E-state index is 0.0162. The molecule has 0 bridgehead atoms. The Morgan fingerprint density at radius 1 is 1.06 bits per heavy atom. The van der Waals surface area contributed by atoms with E-state index < -0.39 is 39.9 Å². The molecule has 0 saturated heterocycles. The molecule has 34 heavy (non-hydrogen) atoms. The average Bonchev–Trinajstić information content (AvgIpc) is 2.69. The van der Waals surface area contributed by atoms with E-state index in [4.69, 9.17) is 0 Å². The van der Waals surface area contributed by atoms with Gasteiger partial charge in [0, 0.05) is 12.1 Å². The molecule has 2 amide bonds. The van der Waals surface area contributed by atoms with E-state index in [1.54, 1.807) is 26.0 Å². The third-order valence-corrected chi connectivity index (χ3v) is 6.36. The number of halogens is 1. The van der Waals surface area contributed by atoms with Crippen molar-refractivity contribution in [2.24, 2.45) is 0 Å². The summed E-state index contributed by atoms with van der Waals surface area (Å²) in [5.41, 5.74) is 2.17. The van der Waals surface area contributed by atoms with E-state index in [2.05, 4.69) is 5.32 Å². The SMILES string of the molecule is Cc1ccc(N(CC(=O)N(Cc2ccc(F)cc2)C(C)C(=O)NC(C)(C)C)S(C)(=O)=O)c(C)c1. The largest absolute Gasteiger partial charge is 0.350 e. The molecule has 0 heterocycles. The van der Waals surface area contributed by atoms with E-state index in [0.717, 1.165) is 16.1 Å². The van der Waals surface area contributed by atoms with Crippen LogP contribution in [-0.4, -0.2) is 49.5 Å². The molecule has 2 aromatic carbocycles. The first-order valence-corrected chi connectivity index (χ1v) is 12.8. The maximum absolute atomic E-state index is 13.5. The fraction of sp³-hybridized carbons (Fsp3) is 0.440. The van der Waals surface area contributed by atoms with E-state index in [1.165, 1.54) is 29.2 Å². The van der Waals surface area contributed by atoms with Crippen molar-refractivity contribution in [2.45, 2.75) is 59.7 Å². The Hall–Kier alpha value is -2.94. The molecule has 0 aliphatic heterocycles. The number of nitrogens with zero attached hydrogens (tertiary/aromatic N) is 2. The molecule has 0 radical (unpaired) electrons. The van der Waals surface area contributed by atoms with Crippen LogP contribution in [0.25, 0.3) is 0 Å². The smallest absolute Gasteiger partial charge is 0.244 e. The van der Waals surface area contributed by atoms with Gasteiger partial charge in [0.2, 0.25) is 21.8 Å². The molecular weight excluding hydrogens is 457 g/mol. The van der Waals surface area contributed by atoms with Crippen molar-refractivity contribution in [3.8, 4) is 0 Å². The van der Waals surface area contributed by atoms with Gasteiger partial charge in [-0.3, -0.25) is 13.9 Å². The van der Waals surface area contributed by atoms with Gasteiger partial charge >= 0.3 is 0 Å². The van der Waals surface area contributed by atoms with Crippen LogP contribution < -0.4 is 9.62 Å². The second kappa shape index (κ2) is 10.5. The zero-order valence-corrected chi connectivity index (χ0v) is 21.7. The Bertz CT molecular complexity index is 1140. The second-order valence-corrected chi connectivity index (χ2v) is 11.5. The highest BCUT2D eigenvalue weighted by molar-refractivity contribution is 7.92. The summed E-state index contributed by atoms with van der Waals surface area (Å²) in [4.78, 5) is 27.7. The van der Waals surface area contributed by atoms with E-state index >= 15 is 0 Å². The van der Waals surface area contributed by atoms with Gasteiger partial charge in [-0.2, -0.15) is 0 Å². The molecule has 2 aromatic rings.